The summed E-state index contributed by atoms with van der Waals surface area (Å²) >= 11 is 0. The molecular weight excluding hydrogens is 320 g/mol. The van der Waals surface area contributed by atoms with Gasteiger partial charge in [-0.1, -0.05) is 65.2 Å². The van der Waals surface area contributed by atoms with Crippen molar-refractivity contribution in [3.63, 3.8) is 0 Å². The van der Waals surface area contributed by atoms with Crippen molar-refractivity contribution in [3.8, 4) is 0 Å². The summed E-state index contributed by atoms with van der Waals surface area (Å²) < 4.78 is 5.23. The fourth-order valence-electron chi connectivity index (χ4n) is 3.18. The average molecular weight is 352 g/mol. The number of rotatable bonds is 14. The molecule has 0 bridgehead atoms. The van der Waals surface area contributed by atoms with E-state index in [9.17, 15) is 19.8 Å². The van der Waals surface area contributed by atoms with E-state index in [2.05, 4.69) is 13.8 Å². The number of carboxylic acids is 2. The zero-order chi connectivity index (χ0) is 18.7. The molecule has 5 nitrogen and oxygen atoms in total. The monoisotopic (exact) mass is 352 g/mol. The maximum atomic E-state index is 11.5. The van der Waals surface area contributed by atoms with Gasteiger partial charge in [-0.2, -0.15) is 0 Å². The summed E-state index contributed by atoms with van der Waals surface area (Å²) in [6.07, 6.45) is 11.8. The molecule has 0 spiro atoms. The first-order valence-corrected chi connectivity index (χ1v) is 9.64. The predicted octanol–water partition coefficient (Wildman–Crippen LogP) is 5.70. The molecule has 25 heavy (non-hydrogen) atoms. The summed E-state index contributed by atoms with van der Waals surface area (Å²) in [6, 6.07) is 0. The number of carboxylic acid groups (broad SMARTS) is 2. The summed E-state index contributed by atoms with van der Waals surface area (Å²) in [5, 5.41) is 18.8. The molecule has 0 aromatic carbocycles. The Morgan fingerprint density at radius 3 is 1.36 bits per heavy atom. The fourth-order valence-corrected chi connectivity index (χ4v) is 3.18. The topological polar surface area (TPSA) is 87.7 Å². The first-order valence-electron chi connectivity index (χ1n) is 9.64. The van der Waals surface area contributed by atoms with E-state index in [0.29, 0.717) is 24.0 Å². The second-order valence-electron chi connectivity index (χ2n) is 6.66. The number of hydrogen-bond acceptors (Lipinski definition) is 3. The Morgan fingerprint density at radius 2 is 1.04 bits per heavy atom. The molecule has 5 heteroatoms. The molecule has 0 radical (unpaired) electrons. The predicted molar refractivity (Wildman–Crippen MR) is 97.6 cm³/mol. The van der Waals surface area contributed by atoms with Crippen LogP contribution in [-0.2, 0) is 12.8 Å². The van der Waals surface area contributed by atoms with E-state index in [1.165, 1.54) is 12.8 Å². The first kappa shape index (κ1) is 21.3. The van der Waals surface area contributed by atoms with Crippen LogP contribution in [0.3, 0.4) is 0 Å². The van der Waals surface area contributed by atoms with Gasteiger partial charge in [0.2, 0.25) is 11.5 Å². The molecule has 2 N–H and O–H groups in total. The molecule has 0 aliphatic heterocycles. The van der Waals surface area contributed by atoms with Gasteiger partial charge < -0.3 is 14.6 Å². The minimum atomic E-state index is -1.18. The SMILES string of the molecule is CCCCCCCc1c(C(=O)O)oc(C(=O)O)c1CCCCCCC. The summed E-state index contributed by atoms with van der Waals surface area (Å²) in [7, 11) is 0. The maximum absolute atomic E-state index is 11.5. The van der Waals surface area contributed by atoms with Gasteiger partial charge in [0.15, 0.2) is 0 Å². The normalized spacial score (nSPS) is 11.0. The van der Waals surface area contributed by atoms with Crippen LogP contribution in [0.15, 0.2) is 4.42 Å². The molecule has 0 saturated heterocycles. The first-order chi connectivity index (χ1) is 12.0. The zero-order valence-corrected chi connectivity index (χ0v) is 15.6. The zero-order valence-electron chi connectivity index (χ0n) is 15.6. The highest BCUT2D eigenvalue weighted by molar-refractivity contribution is 5.92. The van der Waals surface area contributed by atoms with E-state index in [1.807, 2.05) is 0 Å². The maximum Gasteiger partial charge on any atom is 0.372 e. The number of furan rings is 1. The second-order valence-corrected chi connectivity index (χ2v) is 6.66. The summed E-state index contributed by atoms with van der Waals surface area (Å²) in [5.41, 5.74) is 1.19. The van der Waals surface area contributed by atoms with E-state index in [1.54, 1.807) is 0 Å². The molecule has 0 aliphatic carbocycles. The highest BCUT2D eigenvalue weighted by Gasteiger charge is 2.27. The standard InChI is InChI=1S/C20H32O5/c1-3-5-7-9-11-13-15-16(14-12-10-8-6-4-2)18(20(23)24)25-17(15)19(21)22/h3-14H2,1-2H3,(H,21,22)(H,23,24). The molecule has 1 aromatic rings. The Balaban J connectivity index is 2.87. The van der Waals surface area contributed by atoms with Crippen LogP contribution in [0.4, 0.5) is 0 Å². The molecule has 1 rings (SSSR count). The van der Waals surface area contributed by atoms with Crippen LogP contribution in [0, 0.1) is 0 Å². The lowest BCUT2D eigenvalue weighted by Gasteiger charge is -2.06. The Labute approximate surface area is 150 Å². The largest absolute Gasteiger partial charge is 0.475 e. The highest BCUT2D eigenvalue weighted by atomic mass is 16.4. The van der Waals surface area contributed by atoms with Crippen LogP contribution in [0.2, 0.25) is 0 Å². The van der Waals surface area contributed by atoms with Crippen LogP contribution in [0.5, 0.6) is 0 Å². The molecular formula is C20H32O5. The third kappa shape index (κ3) is 6.92. The Morgan fingerprint density at radius 1 is 0.680 bits per heavy atom. The molecule has 0 aliphatic rings. The summed E-state index contributed by atoms with van der Waals surface area (Å²) in [5.74, 6) is -2.72. The number of unbranched alkanes of at least 4 members (excludes halogenated alkanes) is 8. The second kappa shape index (κ2) is 11.7. The van der Waals surface area contributed by atoms with E-state index in [4.69, 9.17) is 4.42 Å². The van der Waals surface area contributed by atoms with Crippen LogP contribution in [0.25, 0.3) is 0 Å². The quantitative estimate of drug-likeness (QED) is 0.419. The van der Waals surface area contributed by atoms with Gasteiger partial charge in [-0.15, -0.1) is 0 Å². The number of carbonyl (C=O) groups is 2. The lowest BCUT2D eigenvalue weighted by molar-refractivity contribution is 0.0630. The van der Waals surface area contributed by atoms with E-state index < -0.39 is 11.9 Å². The van der Waals surface area contributed by atoms with Gasteiger partial charge in [0.05, 0.1) is 0 Å². The van der Waals surface area contributed by atoms with Crippen molar-refractivity contribution in [1.82, 2.24) is 0 Å². The Kier molecular flexibility index (Phi) is 9.97. The van der Waals surface area contributed by atoms with Crippen molar-refractivity contribution in [2.24, 2.45) is 0 Å². The van der Waals surface area contributed by atoms with Crippen LogP contribution < -0.4 is 0 Å². The minimum absolute atomic E-state index is 0.184. The molecule has 1 aromatic heterocycles. The van der Waals surface area contributed by atoms with E-state index >= 15 is 0 Å². The molecule has 0 saturated carbocycles. The molecule has 0 fully saturated rings. The number of hydrogen-bond donors (Lipinski definition) is 2. The van der Waals surface area contributed by atoms with Gasteiger partial charge >= 0.3 is 11.9 Å². The summed E-state index contributed by atoms with van der Waals surface area (Å²) in [4.78, 5) is 22.9. The lowest BCUT2D eigenvalue weighted by atomic mass is 9.96. The molecule has 1 heterocycles. The molecule has 0 unspecified atom stereocenters. The van der Waals surface area contributed by atoms with Crippen LogP contribution >= 0.6 is 0 Å². The van der Waals surface area contributed by atoms with Crippen molar-refractivity contribution in [2.75, 3.05) is 0 Å². The van der Waals surface area contributed by atoms with E-state index in [0.717, 1.165) is 51.4 Å². The van der Waals surface area contributed by atoms with Gasteiger partial charge in [0.25, 0.3) is 0 Å². The van der Waals surface area contributed by atoms with Gasteiger partial charge in [-0.25, -0.2) is 9.59 Å². The van der Waals surface area contributed by atoms with Gasteiger partial charge in [-0.3, -0.25) is 0 Å². The Hall–Kier alpha value is -1.78. The van der Waals surface area contributed by atoms with Crippen LogP contribution in [0.1, 0.15) is 110 Å². The van der Waals surface area contributed by atoms with Crippen molar-refractivity contribution in [2.45, 2.75) is 90.9 Å². The summed E-state index contributed by atoms with van der Waals surface area (Å²) in [6.45, 7) is 4.29. The van der Waals surface area contributed by atoms with Gasteiger partial charge in [0.1, 0.15) is 0 Å². The molecule has 142 valence electrons. The van der Waals surface area contributed by atoms with Crippen molar-refractivity contribution in [1.29, 1.82) is 0 Å². The molecule has 0 amide bonds. The fraction of sp³-hybridized carbons (Fsp3) is 0.700. The third-order valence-electron chi connectivity index (χ3n) is 4.57. The lowest BCUT2D eigenvalue weighted by Crippen LogP contribution is -2.03. The third-order valence-corrected chi connectivity index (χ3v) is 4.57. The van der Waals surface area contributed by atoms with Crippen LogP contribution in [-0.4, -0.2) is 22.2 Å². The minimum Gasteiger partial charge on any atom is -0.475 e. The Bertz CT molecular complexity index is 498. The van der Waals surface area contributed by atoms with Gasteiger partial charge in [-0.05, 0) is 25.7 Å². The number of aromatic carboxylic acids is 2. The van der Waals surface area contributed by atoms with Crippen molar-refractivity contribution in [3.05, 3.63) is 22.6 Å². The van der Waals surface area contributed by atoms with Crippen molar-refractivity contribution < 1.29 is 24.2 Å². The van der Waals surface area contributed by atoms with E-state index in [-0.39, 0.29) is 11.5 Å². The smallest absolute Gasteiger partial charge is 0.372 e. The highest BCUT2D eigenvalue weighted by Crippen LogP contribution is 2.27. The average Bonchev–Trinajstić information content (AvgIpc) is 2.93. The van der Waals surface area contributed by atoms with Gasteiger partial charge in [0, 0.05) is 11.1 Å². The molecule has 0 atom stereocenters. The van der Waals surface area contributed by atoms with Crippen molar-refractivity contribution >= 4 is 11.9 Å².